The Morgan fingerprint density at radius 2 is 2.05 bits per heavy atom. The van der Waals surface area contributed by atoms with Crippen molar-refractivity contribution < 1.29 is 9.72 Å². The smallest absolute Gasteiger partial charge is 0.292 e. The molecule has 0 spiro atoms. The Kier molecular flexibility index (Phi) is 3.51. The largest absolute Gasteiger partial charge is 0.316 e. The van der Waals surface area contributed by atoms with Crippen molar-refractivity contribution in [3.8, 4) is 0 Å². The summed E-state index contributed by atoms with van der Waals surface area (Å²) in [4.78, 5) is 26.3. The molecule has 2 rings (SSSR count). The van der Waals surface area contributed by atoms with Crippen molar-refractivity contribution in [2.75, 3.05) is 5.32 Å². The van der Waals surface area contributed by atoms with Gasteiger partial charge in [0.2, 0.25) is 0 Å². The van der Waals surface area contributed by atoms with Gasteiger partial charge in [0.05, 0.1) is 4.92 Å². The van der Waals surface area contributed by atoms with Crippen molar-refractivity contribution in [1.29, 1.82) is 0 Å². The normalized spacial score (nSPS) is 9.95. The van der Waals surface area contributed by atoms with E-state index in [1.165, 1.54) is 18.3 Å². The minimum atomic E-state index is -0.534. The van der Waals surface area contributed by atoms with Gasteiger partial charge in [-0.05, 0) is 25.1 Å². The molecule has 19 heavy (non-hydrogen) atoms. The quantitative estimate of drug-likeness (QED) is 0.676. The lowest BCUT2D eigenvalue weighted by atomic mass is 10.2. The minimum absolute atomic E-state index is 0.137. The van der Waals surface area contributed by atoms with E-state index in [0.717, 1.165) is 0 Å². The van der Waals surface area contributed by atoms with E-state index in [0.29, 0.717) is 11.3 Å². The van der Waals surface area contributed by atoms with Crippen LogP contribution in [0.1, 0.15) is 16.1 Å². The number of aryl methyl sites for hydroxylation is 1. The summed E-state index contributed by atoms with van der Waals surface area (Å²) in [6.07, 6.45) is 1.52. The van der Waals surface area contributed by atoms with E-state index in [1.54, 1.807) is 31.2 Å². The molecule has 1 amide bonds. The van der Waals surface area contributed by atoms with Gasteiger partial charge in [0, 0.05) is 23.5 Å². The molecule has 0 saturated heterocycles. The Balaban J connectivity index is 2.27. The molecule has 0 aliphatic carbocycles. The predicted molar refractivity (Wildman–Crippen MR) is 70.0 cm³/mol. The zero-order valence-electron chi connectivity index (χ0n) is 10.2. The maximum atomic E-state index is 12.0. The summed E-state index contributed by atoms with van der Waals surface area (Å²) in [5, 5.41) is 13.4. The number of hydrogen-bond donors (Lipinski definition) is 1. The number of pyridine rings is 1. The number of carbonyl (C=O) groups excluding carboxylic acids is 1. The van der Waals surface area contributed by atoms with Crippen LogP contribution >= 0.6 is 0 Å². The number of rotatable bonds is 3. The molecule has 0 saturated carbocycles. The van der Waals surface area contributed by atoms with Crippen LogP contribution in [0.2, 0.25) is 0 Å². The molecule has 0 atom stereocenters. The number of carbonyl (C=O) groups is 1. The van der Waals surface area contributed by atoms with Crippen LogP contribution in [0.15, 0.2) is 42.6 Å². The summed E-state index contributed by atoms with van der Waals surface area (Å²) in [6, 6.07) is 9.17. The number of benzene rings is 1. The van der Waals surface area contributed by atoms with Gasteiger partial charge in [0.1, 0.15) is 5.69 Å². The Bertz CT molecular complexity index is 641. The third-order valence-corrected chi connectivity index (χ3v) is 2.51. The molecule has 96 valence electrons. The van der Waals surface area contributed by atoms with E-state index in [4.69, 9.17) is 0 Å². The van der Waals surface area contributed by atoms with E-state index in [9.17, 15) is 14.9 Å². The highest BCUT2D eigenvalue weighted by molar-refractivity contribution is 6.05. The lowest BCUT2D eigenvalue weighted by Crippen LogP contribution is -2.13. The molecule has 1 aromatic heterocycles. The van der Waals surface area contributed by atoms with Crippen LogP contribution in [0.5, 0.6) is 0 Å². The van der Waals surface area contributed by atoms with Gasteiger partial charge in [-0.2, -0.15) is 0 Å². The molecule has 0 fully saturated rings. The number of hydrogen-bond acceptors (Lipinski definition) is 4. The van der Waals surface area contributed by atoms with Crippen molar-refractivity contribution in [1.82, 2.24) is 4.98 Å². The molecule has 6 heteroatoms. The molecule has 0 aliphatic heterocycles. The summed E-state index contributed by atoms with van der Waals surface area (Å²) in [5.74, 6) is -0.403. The topological polar surface area (TPSA) is 85.1 Å². The average Bonchev–Trinajstić information content (AvgIpc) is 2.39. The number of para-hydroxylation sites is 2. The number of nitro benzene ring substituents is 1. The van der Waals surface area contributed by atoms with Crippen molar-refractivity contribution in [2.45, 2.75) is 6.92 Å². The van der Waals surface area contributed by atoms with Crippen molar-refractivity contribution in [3.63, 3.8) is 0 Å². The Hall–Kier alpha value is -2.76. The molecule has 2 aromatic rings. The van der Waals surface area contributed by atoms with Crippen LogP contribution in [-0.2, 0) is 0 Å². The molecular weight excluding hydrogens is 246 g/mol. The van der Waals surface area contributed by atoms with Crippen molar-refractivity contribution in [2.24, 2.45) is 0 Å². The molecule has 0 bridgehead atoms. The fourth-order valence-electron chi connectivity index (χ4n) is 1.62. The van der Waals surface area contributed by atoms with Crippen LogP contribution < -0.4 is 5.32 Å². The second-order valence-electron chi connectivity index (χ2n) is 3.91. The first-order valence-electron chi connectivity index (χ1n) is 5.55. The fourth-order valence-corrected chi connectivity index (χ4v) is 1.62. The molecule has 1 N–H and O–H groups in total. The highest BCUT2D eigenvalue weighted by Crippen LogP contribution is 2.23. The zero-order chi connectivity index (χ0) is 13.8. The van der Waals surface area contributed by atoms with E-state index in [2.05, 4.69) is 10.3 Å². The van der Waals surface area contributed by atoms with Crippen molar-refractivity contribution >= 4 is 17.3 Å². The van der Waals surface area contributed by atoms with E-state index >= 15 is 0 Å². The number of nitrogens with one attached hydrogen (secondary N) is 1. The Labute approximate surface area is 109 Å². The van der Waals surface area contributed by atoms with Crippen LogP contribution in [0, 0.1) is 17.0 Å². The number of aromatic nitrogens is 1. The standard InChI is InChI=1S/C13H11N3O3/c1-9-8-10(6-7-14-9)13(17)15-11-4-2-3-5-12(11)16(18)19/h2-8H,1H3,(H,15,17). The summed E-state index contributed by atoms with van der Waals surface area (Å²) >= 11 is 0. The summed E-state index contributed by atoms with van der Waals surface area (Å²) in [5.41, 5.74) is 1.15. The number of anilines is 1. The number of amides is 1. The van der Waals surface area contributed by atoms with Crippen LogP contribution in [-0.4, -0.2) is 15.8 Å². The fraction of sp³-hybridized carbons (Fsp3) is 0.0769. The lowest BCUT2D eigenvalue weighted by molar-refractivity contribution is -0.383. The van der Waals surface area contributed by atoms with Crippen molar-refractivity contribution in [3.05, 3.63) is 64.0 Å². The molecular formula is C13H11N3O3. The first-order valence-corrected chi connectivity index (χ1v) is 5.55. The maximum absolute atomic E-state index is 12.0. The number of nitrogens with zero attached hydrogens (tertiary/aromatic N) is 2. The molecule has 0 unspecified atom stereocenters. The van der Waals surface area contributed by atoms with E-state index in [1.807, 2.05) is 0 Å². The summed E-state index contributed by atoms with van der Waals surface area (Å²) in [7, 11) is 0. The molecule has 1 aromatic carbocycles. The van der Waals surface area contributed by atoms with Gasteiger partial charge >= 0.3 is 0 Å². The average molecular weight is 257 g/mol. The SMILES string of the molecule is Cc1cc(C(=O)Nc2ccccc2[N+](=O)[O-])ccn1. The highest BCUT2D eigenvalue weighted by atomic mass is 16.6. The van der Waals surface area contributed by atoms with E-state index in [-0.39, 0.29) is 11.4 Å². The molecule has 1 heterocycles. The van der Waals surface area contributed by atoms with Gasteiger partial charge in [0.25, 0.3) is 11.6 Å². The second-order valence-corrected chi connectivity index (χ2v) is 3.91. The van der Waals surface area contributed by atoms with Gasteiger partial charge in [-0.1, -0.05) is 12.1 Å². The van der Waals surface area contributed by atoms with Gasteiger partial charge in [-0.3, -0.25) is 19.9 Å². The third kappa shape index (κ3) is 2.92. The zero-order valence-corrected chi connectivity index (χ0v) is 10.2. The Morgan fingerprint density at radius 1 is 1.32 bits per heavy atom. The third-order valence-electron chi connectivity index (χ3n) is 2.51. The van der Waals surface area contributed by atoms with Crippen LogP contribution in [0.25, 0.3) is 0 Å². The molecule has 0 radical (unpaired) electrons. The summed E-state index contributed by atoms with van der Waals surface area (Å²) in [6.45, 7) is 1.77. The Morgan fingerprint density at radius 3 is 2.74 bits per heavy atom. The van der Waals surface area contributed by atoms with Gasteiger partial charge < -0.3 is 5.32 Å². The van der Waals surface area contributed by atoms with Crippen LogP contribution in [0.4, 0.5) is 11.4 Å². The lowest BCUT2D eigenvalue weighted by Gasteiger charge is -2.06. The first-order chi connectivity index (χ1) is 9.08. The first kappa shape index (κ1) is 12.7. The van der Waals surface area contributed by atoms with Gasteiger partial charge in [-0.25, -0.2) is 0 Å². The van der Waals surface area contributed by atoms with E-state index < -0.39 is 10.8 Å². The second kappa shape index (κ2) is 5.26. The molecule has 0 aliphatic rings. The highest BCUT2D eigenvalue weighted by Gasteiger charge is 2.15. The minimum Gasteiger partial charge on any atom is -0.316 e. The predicted octanol–water partition coefficient (Wildman–Crippen LogP) is 2.55. The van der Waals surface area contributed by atoms with Gasteiger partial charge in [0.15, 0.2) is 0 Å². The number of nitro groups is 1. The molecule has 6 nitrogen and oxygen atoms in total. The maximum Gasteiger partial charge on any atom is 0.292 e. The summed E-state index contributed by atoms with van der Waals surface area (Å²) < 4.78 is 0. The van der Waals surface area contributed by atoms with Gasteiger partial charge in [-0.15, -0.1) is 0 Å². The monoisotopic (exact) mass is 257 g/mol. The van der Waals surface area contributed by atoms with Crippen LogP contribution in [0.3, 0.4) is 0 Å².